The Morgan fingerprint density at radius 2 is 1.90 bits per heavy atom. The van der Waals surface area contributed by atoms with Gasteiger partial charge in [-0.1, -0.05) is 12.1 Å². The van der Waals surface area contributed by atoms with Crippen molar-refractivity contribution in [2.45, 2.75) is 46.7 Å². The lowest BCUT2D eigenvalue weighted by Gasteiger charge is -2.21. The molecule has 0 radical (unpaired) electrons. The van der Waals surface area contributed by atoms with Crippen LogP contribution in [0.5, 0.6) is 0 Å². The van der Waals surface area contributed by atoms with E-state index in [0.717, 1.165) is 44.2 Å². The molecule has 0 fully saturated rings. The summed E-state index contributed by atoms with van der Waals surface area (Å²) in [6.07, 6.45) is 4.78. The molecule has 0 saturated carbocycles. The lowest BCUT2D eigenvalue weighted by atomic mass is 10.0. The zero-order valence-electron chi connectivity index (χ0n) is 18.6. The minimum atomic E-state index is -0.112. The average Bonchev–Trinajstić information content (AvgIpc) is 3.04. The van der Waals surface area contributed by atoms with Gasteiger partial charge in [0.1, 0.15) is 11.6 Å². The van der Waals surface area contributed by atoms with Gasteiger partial charge < -0.3 is 9.88 Å². The number of hydrogen-bond acceptors (Lipinski definition) is 5. The van der Waals surface area contributed by atoms with Crippen molar-refractivity contribution in [3.8, 4) is 0 Å². The SMILES string of the molecule is Cc1cc(C)c(CN2CCc3nnc(CCNC(=O)c4cccnc4)n3CC2)cc1C. The van der Waals surface area contributed by atoms with Crippen LogP contribution in [0.2, 0.25) is 0 Å². The van der Waals surface area contributed by atoms with Gasteiger partial charge in [-0.2, -0.15) is 0 Å². The Bertz CT molecular complexity index is 1060. The van der Waals surface area contributed by atoms with Crippen LogP contribution in [-0.2, 0) is 25.9 Å². The van der Waals surface area contributed by atoms with Gasteiger partial charge in [0.15, 0.2) is 0 Å². The molecule has 0 saturated heterocycles. The monoisotopic (exact) mass is 418 g/mol. The summed E-state index contributed by atoms with van der Waals surface area (Å²) in [4.78, 5) is 18.7. The highest BCUT2D eigenvalue weighted by molar-refractivity contribution is 5.93. The van der Waals surface area contributed by atoms with Gasteiger partial charge >= 0.3 is 0 Å². The molecule has 7 nitrogen and oxygen atoms in total. The standard InChI is InChI=1S/C24H30N6O/c1-17-13-19(3)21(14-18(17)2)16-29-10-7-23-28-27-22(30(23)12-11-29)6-9-26-24(31)20-5-4-8-25-15-20/h4-5,8,13-15H,6-7,9-12,16H2,1-3H3,(H,26,31). The smallest absolute Gasteiger partial charge is 0.252 e. The number of benzene rings is 1. The summed E-state index contributed by atoms with van der Waals surface area (Å²) in [5.74, 6) is 1.86. The number of aromatic nitrogens is 4. The number of amides is 1. The number of carbonyl (C=O) groups excluding carboxylic acids is 1. The second-order valence-electron chi connectivity index (χ2n) is 8.32. The molecule has 7 heteroatoms. The van der Waals surface area contributed by atoms with E-state index in [1.807, 2.05) is 0 Å². The molecule has 3 aromatic rings. The number of nitrogens with one attached hydrogen (secondary N) is 1. The molecule has 0 atom stereocenters. The van der Waals surface area contributed by atoms with Crippen LogP contribution in [0, 0.1) is 20.8 Å². The molecule has 2 aromatic heterocycles. The molecular weight excluding hydrogens is 388 g/mol. The van der Waals surface area contributed by atoms with Crippen LogP contribution < -0.4 is 5.32 Å². The molecule has 1 N–H and O–H groups in total. The van der Waals surface area contributed by atoms with E-state index in [0.29, 0.717) is 18.5 Å². The maximum absolute atomic E-state index is 12.2. The van der Waals surface area contributed by atoms with E-state index in [1.54, 1.807) is 24.5 Å². The van der Waals surface area contributed by atoms with Gasteiger partial charge in [0.05, 0.1) is 5.56 Å². The molecule has 1 aliphatic rings. The van der Waals surface area contributed by atoms with E-state index in [2.05, 4.69) is 62.9 Å². The van der Waals surface area contributed by atoms with E-state index >= 15 is 0 Å². The molecular formula is C24H30N6O. The van der Waals surface area contributed by atoms with Gasteiger partial charge in [-0.05, 0) is 55.2 Å². The van der Waals surface area contributed by atoms with Gasteiger partial charge in [0, 0.05) is 58.0 Å². The molecule has 1 amide bonds. The maximum atomic E-state index is 12.2. The quantitative estimate of drug-likeness (QED) is 0.666. The number of nitrogens with zero attached hydrogens (tertiary/aromatic N) is 5. The van der Waals surface area contributed by atoms with Gasteiger partial charge in [0.2, 0.25) is 0 Å². The van der Waals surface area contributed by atoms with Gasteiger partial charge in [-0.15, -0.1) is 10.2 Å². The van der Waals surface area contributed by atoms with Crippen molar-refractivity contribution in [3.05, 3.63) is 76.1 Å². The van der Waals surface area contributed by atoms with Crippen molar-refractivity contribution in [3.63, 3.8) is 0 Å². The third-order valence-electron chi connectivity index (χ3n) is 6.10. The summed E-state index contributed by atoms with van der Waals surface area (Å²) in [7, 11) is 0. The predicted molar refractivity (Wildman–Crippen MR) is 120 cm³/mol. The second-order valence-corrected chi connectivity index (χ2v) is 8.32. The Morgan fingerprint density at radius 3 is 2.71 bits per heavy atom. The summed E-state index contributed by atoms with van der Waals surface area (Å²) in [6.45, 7) is 10.9. The first-order valence-corrected chi connectivity index (χ1v) is 10.9. The fourth-order valence-corrected chi connectivity index (χ4v) is 4.09. The third kappa shape index (κ3) is 4.99. The topological polar surface area (TPSA) is 75.9 Å². The molecule has 0 bridgehead atoms. The number of carbonyl (C=O) groups is 1. The summed E-state index contributed by atoms with van der Waals surface area (Å²) in [6, 6.07) is 8.14. The normalized spacial score (nSPS) is 14.2. The van der Waals surface area contributed by atoms with Crippen LogP contribution >= 0.6 is 0 Å². The van der Waals surface area contributed by atoms with Crippen LogP contribution in [0.25, 0.3) is 0 Å². The first kappa shape index (κ1) is 21.2. The van der Waals surface area contributed by atoms with Crippen molar-refractivity contribution in [1.29, 1.82) is 0 Å². The highest BCUT2D eigenvalue weighted by atomic mass is 16.1. The van der Waals surface area contributed by atoms with E-state index in [-0.39, 0.29) is 5.91 Å². The molecule has 162 valence electrons. The van der Waals surface area contributed by atoms with Crippen LogP contribution in [0.4, 0.5) is 0 Å². The summed E-state index contributed by atoms with van der Waals surface area (Å²) in [5.41, 5.74) is 6.03. The zero-order valence-corrected chi connectivity index (χ0v) is 18.6. The number of fused-ring (bicyclic) bond motifs is 1. The summed E-state index contributed by atoms with van der Waals surface area (Å²) >= 11 is 0. The Balaban J connectivity index is 1.34. The molecule has 31 heavy (non-hydrogen) atoms. The van der Waals surface area contributed by atoms with Crippen LogP contribution in [0.3, 0.4) is 0 Å². The largest absolute Gasteiger partial charge is 0.352 e. The molecule has 1 aromatic carbocycles. The van der Waals surface area contributed by atoms with E-state index in [1.165, 1.54) is 22.3 Å². The zero-order chi connectivity index (χ0) is 21.8. The van der Waals surface area contributed by atoms with Crippen LogP contribution in [0.1, 0.15) is 44.3 Å². The van der Waals surface area contributed by atoms with Crippen molar-refractivity contribution in [1.82, 2.24) is 30.0 Å². The minimum Gasteiger partial charge on any atom is -0.352 e. The van der Waals surface area contributed by atoms with Crippen LogP contribution in [0.15, 0.2) is 36.7 Å². The lowest BCUT2D eigenvalue weighted by Crippen LogP contribution is -2.28. The minimum absolute atomic E-state index is 0.112. The van der Waals surface area contributed by atoms with Crippen molar-refractivity contribution in [2.24, 2.45) is 0 Å². The lowest BCUT2D eigenvalue weighted by molar-refractivity contribution is 0.0953. The molecule has 3 heterocycles. The second kappa shape index (κ2) is 9.39. The molecule has 0 spiro atoms. The Morgan fingerprint density at radius 1 is 1.06 bits per heavy atom. The van der Waals surface area contributed by atoms with Crippen molar-refractivity contribution < 1.29 is 4.79 Å². The summed E-state index contributed by atoms with van der Waals surface area (Å²) < 4.78 is 2.23. The van der Waals surface area contributed by atoms with E-state index < -0.39 is 0 Å². The molecule has 0 unspecified atom stereocenters. The fraction of sp³-hybridized carbons (Fsp3) is 0.417. The number of aryl methyl sites for hydroxylation is 3. The molecule has 1 aliphatic heterocycles. The maximum Gasteiger partial charge on any atom is 0.252 e. The summed E-state index contributed by atoms with van der Waals surface area (Å²) in [5, 5.41) is 11.8. The highest BCUT2D eigenvalue weighted by Crippen LogP contribution is 2.19. The van der Waals surface area contributed by atoms with Crippen molar-refractivity contribution >= 4 is 5.91 Å². The first-order chi connectivity index (χ1) is 15.0. The van der Waals surface area contributed by atoms with Crippen molar-refractivity contribution in [2.75, 3.05) is 19.6 Å². The van der Waals surface area contributed by atoms with E-state index in [9.17, 15) is 4.79 Å². The molecule has 4 rings (SSSR count). The predicted octanol–water partition coefficient (Wildman–Crippen LogP) is 2.63. The third-order valence-corrected chi connectivity index (χ3v) is 6.10. The van der Waals surface area contributed by atoms with Crippen LogP contribution in [-0.4, -0.2) is 50.2 Å². The Hall–Kier alpha value is -3.06. The Kier molecular flexibility index (Phi) is 6.42. The average molecular weight is 419 g/mol. The van der Waals surface area contributed by atoms with Gasteiger partial charge in [-0.3, -0.25) is 14.7 Å². The Labute approximate surface area is 183 Å². The highest BCUT2D eigenvalue weighted by Gasteiger charge is 2.19. The van der Waals surface area contributed by atoms with Gasteiger partial charge in [0.25, 0.3) is 5.91 Å². The number of hydrogen-bond donors (Lipinski definition) is 1. The molecule has 0 aliphatic carbocycles. The number of rotatable bonds is 6. The fourth-order valence-electron chi connectivity index (χ4n) is 4.09. The van der Waals surface area contributed by atoms with E-state index in [4.69, 9.17) is 0 Å². The first-order valence-electron chi connectivity index (χ1n) is 10.9. The number of pyridine rings is 1. The van der Waals surface area contributed by atoms with Gasteiger partial charge in [-0.25, -0.2) is 0 Å².